The Morgan fingerprint density at radius 2 is 1.37 bits per heavy atom. The molecule has 2 saturated carbocycles. The van der Waals surface area contributed by atoms with Gasteiger partial charge in [0.1, 0.15) is 5.60 Å². The molecular weight excluding hydrogens is 495 g/mol. The molecule has 6 atom stereocenters. The molecular formula is C23H33F9O3. The number of rotatable bonds is 7. The molecule has 0 aromatic rings. The van der Waals surface area contributed by atoms with Gasteiger partial charge in [0.2, 0.25) is 0 Å². The van der Waals surface area contributed by atoms with Crippen molar-refractivity contribution in [2.24, 2.45) is 35.0 Å². The van der Waals surface area contributed by atoms with Crippen LogP contribution in [0.25, 0.3) is 0 Å². The fourth-order valence-corrected chi connectivity index (χ4v) is 6.02. The average molecular weight is 528 g/mol. The summed E-state index contributed by atoms with van der Waals surface area (Å²) in [6.07, 6.45) is -18.5. The summed E-state index contributed by atoms with van der Waals surface area (Å²) in [5.41, 5.74) is -8.96. The second-order valence-corrected chi connectivity index (χ2v) is 11.3. The van der Waals surface area contributed by atoms with E-state index >= 15 is 0 Å². The van der Waals surface area contributed by atoms with Crippen LogP contribution in [-0.2, 0) is 9.53 Å². The number of carbonyl (C=O) groups excluding carboxylic acids is 1. The Hall–Kier alpha value is -1.20. The number of hydrogen-bond acceptors (Lipinski definition) is 3. The molecule has 2 aliphatic carbocycles. The zero-order chi connectivity index (χ0) is 27.4. The van der Waals surface area contributed by atoms with E-state index in [0.717, 1.165) is 0 Å². The molecule has 3 nitrogen and oxygen atoms in total. The van der Waals surface area contributed by atoms with Crippen LogP contribution in [-0.4, -0.2) is 40.8 Å². The van der Waals surface area contributed by atoms with Gasteiger partial charge in [0.05, 0.1) is 0 Å². The predicted octanol–water partition coefficient (Wildman–Crippen LogP) is 7.22. The first kappa shape index (κ1) is 30.0. The van der Waals surface area contributed by atoms with E-state index in [2.05, 4.69) is 0 Å². The van der Waals surface area contributed by atoms with Crippen LogP contribution >= 0.6 is 0 Å². The molecule has 12 heteroatoms. The molecule has 0 heterocycles. The van der Waals surface area contributed by atoms with E-state index in [-0.39, 0.29) is 31.1 Å². The van der Waals surface area contributed by atoms with Crippen molar-refractivity contribution in [2.75, 3.05) is 0 Å². The summed E-state index contributed by atoms with van der Waals surface area (Å²) in [4.78, 5) is 12.5. The van der Waals surface area contributed by atoms with Crippen LogP contribution in [0.1, 0.15) is 73.1 Å². The second-order valence-electron chi connectivity index (χ2n) is 11.3. The molecule has 0 aromatic heterocycles. The van der Waals surface area contributed by atoms with E-state index in [0.29, 0.717) is 13.3 Å². The van der Waals surface area contributed by atoms with Gasteiger partial charge in [-0.25, -0.2) is 0 Å². The van der Waals surface area contributed by atoms with Crippen molar-refractivity contribution in [3.8, 4) is 0 Å². The first-order valence-corrected chi connectivity index (χ1v) is 11.6. The highest BCUT2D eigenvalue weighted by Gasteiger charge is 2.71. The minimum absolute atomic E-state index is 0.0384. The van der Waals surface area contributed by atoms with Crippen molar-refractivity contribution in [1.82, 2.24) is 0 Å². The molecule has 2 bridgehead atoms. The maximum Gasteiger partial charge on any atom is 0.426 e. The van der Waals surface area contributed by atoms with Crippen molar-refractivity contribution < 1.29 is 54.2 Å². The summed E-state index contributed by atoms with van der Waals surface area (Å²) in [6, 6.07) is 0. The molecule has 0 aromatic carbocycles. The smallest absolute Gasteiger partial charge is 0.426 e. The number of hydrogen-bond donors (Lipinski definition) is 1. The third kappa shape index (κ3) is 5.71. The zero-order valence-electron chi connectivity index (χ0n) is 20.3. The molecule has 0 spiro atoms. The molecule has 0 aliphatic heterocycles. The molecule has 1 N–H and O–H groups in total. The fraction of sp³-hybridized carbons (Fsp3) is 0.957. The molecule has 0 saturated heterocycles. The van der Waals surface area contributed by atoms with Gasteiger partial charge in [0.25, 0.3) is 5.60 Å². The van der Waals surface area contributed by atoms with Gasteiger partial charge in [0, 0.05) is 0 Å². The number of fused-ring (bicyclic) bond motifs is 2. The van der Waals surface area contributed by atoms with Crippen molar-refractivity contribution in [3.05, 3.63) is 0 Å². The topological polar surface area (TPSA) is 46.5 Å². The first-order chi connectivity index (χ1) is 15.5. The summed E-state index contributed by atoms with van der Waals surface area (Å²) in [5, 5.41) is 9.67. The monoisotopic (exact) mass is 528 g/mol. The number of ether oxygens (including phenoxy) is 1. The molecule has 2 fully saturated rings. The van der Waals surface area contributed by atoms with Crippen LogP contribution in [0.15, 0.2) is 0 Å². The number of carbonyl (C=O) groups is 1. The van der Waals surface area contributed by atoms with Gasteiger partial charge >= 0.3 is 24.5 Å². The number of esters is 1. The Morgan fingerprint density at radius 1 is 0.857 bits per heavy atom. The van der Waals surface area contributed by atoms with Crippen LogP contribution in [0.3, 0.4) is 0 Å². The minimum Gasteiger partial charge on any atom is -0.459 e. The van der Waals surface area contributed by atoms with E-state index in [4.69, 9.17) is 4.74 Å². The van der Waals surface area contributed by atoms with E-state index in [9.17, 15) is 49.4 Å². The summed E-state index contributed by atoms with van der Waals surface area (Å²) in [7, 11) is 0. The molecule has 2 aliphatic rings. The van der Waals surface area contributed by atoms with E-state index in [1.165, 1.54) is 20.8 Å². The lowest BCUT2D eigenvalue weighted by atomic mass is 9.67. The van der Waals surface area contributed by atoms with E-state index in [1.54, 1.807) is 6.92 Å². The van der Waals surface area contributed by atoms with Crippen molar-refractivity contribution in [3.63, 3.8) is 0 Å². The van der Waals surface area contributed by atoms with Gasteiger partial charge < -0.3 is 9.84 Å². The van der Waals surface area contributed by atoms with Gasteiger partial charge in [0.15, 0.2) is 5.41 Å². The standard InChI is InChI=1S/C23H33F9O3/c1-6-14-12-9-13(11-20(34,22(27,28)29)23(30,31)32)16(10-12)15(14)7-8-19(5,21(24,25)26)17(33)35-18(2,3)4/h12-16,34H,6-11H2,1-5H3. The Kier molecular flexibility index (Phi) is 7.96. The second kappa shape index (κ2) is 9.28. The summed E-state index contributed by atoms with van der Waals surface area (Å²) < 4.78 is 126. The van der Waals surface area contributed by atoms with E-state index < -0.39 is 71.7 Å². The number of aliphatic hydroxyl groups is 1. The predicted molar refractivity (Wildman–Crippen MR) is 108 cm³/mol. The van der Waals surface area contributed by atoms with Crippen LogP contribution in [0.5, 0.6) is 0 Å². The quantitative estimate of drug-likeness (QED) is 0.280. The minimum atomic E-state index is -5.95. The van der Waals surface area contributed by atoms with Crippen LogP contribution in [0, 0.1) is 35.0 Å². The fourth-order valence-electron chi connectivity index (χ4n) is 6.02. The highest BCUT2D eigenvalue weighted by atomic mass is 19.4. The molecule has 2 rings (SSSR count). The van der Waals surface area contributed by atoms with Crippen molar-refractivity contribution >= 4 is 5.97 Å². The Balaban J connectivity index is 2.29. The van der Waals surface area contributed by atoms with E-state index in [1.807, 2.05) is 0 Å². The molecule has 35 heavy (non-hydrogen) atoms. The summed E-state index contributed by atoms with van der Waals surface area (Å²) in [5.74, 6) is -4.37. The van der Waals surface area contributed by atoms with Crippen LogP contribution < -0.4 is 0 Å². The molecule has 0 radical (unpaired) electrons. The lowest BCUT2D eigenvalue weighted by Gasteiger charge is -2.41. The highest BCUT2D eigenvalue weighted by Crippen LogP contribution is 2.62. The third-order valence-electron chi connectivity index (χ3n) is 7.91. The zero-order valence-corrected chi connectivity index (χ0v) is 20.3. The van der Waals surface area contributed by atoms with Gasteiger partial charge in [-0.3, -0.25) is 4.79 Å². The maximum atomic E-state index is 13.9. The van der Waals surface area contributed by atoms with Crippen LogP contribution in [0.2, 0.25) is 0 Å². The SMILES string of the molecule is CCC1C2CC(CC(O)(C(F)(F)F)C(F)(F)F)C(C2)C1CCC(C)(C(=O)OC(C)(C)C)C(F)(F)F. The van der Waals surface area contributed by atoms with Gasteiger partial charge in [-0.05, 0) is 89.4 Å². The maximum absolute atomic E-state index is 13.9. The van der Waals surface area contributed by atoms with Gasteiger partial charge in [-0.15, -0.1) is 0 Å². The largest absolute Gasteiger partial charge is 0.459 e. The average Bonchev–Trinajstić information content (AvgIpc) is 3.19. The lowest BCUT2D eigenvalue weighted by Crippen LogP contribution is -2.58. The van der Waals surface area contributed by atoms with Crippen molar-refractivity contribution in [1.29, 1.82) is 0 Å². The Bertz CT molecular complexity index is 752. The third-order valence-corrected chi connectivity index (χ3v) is 7.91. The summed E-state index contributed by atoms with van der Waals surface area (Å²) in [6.45, 7) is 6.72. The summed E-state index contributed by atoms with van der Waals surface area (Å²) >= 11 is 0. The van der Waals surface area contributed by atoms with Gasteiger partial charge in [-0.1, -0.05) is 13.3 Å². The first-order valence-electron chi connectivity index (χ1n) is 11.6. The van der Waals surface area contributed by atoms with Crippen LogP contribution in [0.4, 0.5) is 39.5 Å². The number of alkyl halides is 9. The van der Waals surface area contributed by atoms with Gasteiger partial charge in [-0.2, -0.15) is 39.5 Å². The molecule has 0 amide bonds. The van der Waals surface area contributed by atoms with Crippen molar-refractivity contribution in [2.45, 2.75) is 103 Å². The highest BCUT2D eigenvalue weighted by molar-refractivity contribution is 5.77. The number of halogens is 9. The normalized spacial score (nSPS) is 29.9. The Morgan fingerprint density at radius 3 is 1.77 bits per heavy atom. The Labute approximate surface area is 198 Å². The molecule has 206 valence electrons. The molecule has 6 unspecified atom stereocenters. The lowest BCUT2D eigenvalue weighted by molar-refractivity contribution is -0.373.